The van der Waals surface area contributed by atoms with Crippen LogP contribution in [0.1, 0.15) is 45.4 Å². The molecule has 14 heavy (non-hydrogen) atoms. The van der Waals surface area contributed by atoms with Gasteiger partial charge >= 0.3 is 0 Å². The third-order valence-electron chi connectivity index (χ3n) is 3.15. The van der Waals surface area contributed by atoms with E-state index in [0.717, 1.165) is 18.7 Å². The van der Waals surface area contributed by atoms with Gasteiger partial charge in [0.25, 0.3) is 0 Å². The SMILES string of the molecule is CCCC1N=C(C2CCCC2)NC1=O. The number of amides is 1. The predicted octanol–water partition coefficient (Wildman–Crippen LogP) is 1.87. The number of carbonyl (C=O) groups is 1. The minimum absolute atomic E-state index is 0.0874. The highest BCUT2D eigenvalue weighted by Gasteiger charge is 2.30. The zero-order valence-corrected chi connectivity index (χ0v) is 8.75. The van der Waals surface area contributed by atoms with Crippen molar-refractivity contribution in [2.24, 2.45) is 10.9 Å². The standard InChI is InChI=1S/C11H18N2O/c1-2-5-9-11(14)13-10(12-9)8-6-3-4-7-8/h8-9H,2-7H2,1H3,(H,12,13,14). The molecule has 2 rings (SSSR count). The van der Waals surface area contributed by atoms with E-state index in [1.807, 2.05) is 0 Å². The maximum Gasteiger partial charge on any atom is 0.250 e. The molecular formula is C11H18N2O. The van der Waals surface area contributed by atoms with Crippen LogP contribution in [0.3, 0.4) is 0 Å². The second-order valence-corrected chi connectivity index (χ2v) is 4.29. The van der Waals surface area contributed by atoms with Crippen LogP contribution < -0.4 is 5.32 Å². The summed E-state index contributed by atoms with van der Waals surface area (Å²) in [6.07, 6.45) is 6.91. The number of carbonyl (C=O) groups excluding carboxylic acids is 1. The molecule has 1 heterocycles. The van der Waals surface area contributed by atoms with Gasteiger partial charge in [0.05, 0.1) is 0 Å². The summed E-state index contributed by atoms with van der Waals surface area (Å²) in [5.41, 5.74) is 0. The molecule has 1 fully saturated rings. The van der Waals surface area contributed by atoms with E-state index in [9.17, 15) is 4.79 Å². The van der Waals surface area contributed by atoms with Crippen LogP contribution in [0.25, 0.3) is 0 Å². The number of hydrogen-bond donors (Lipinski definition) is 1. The monoisotopic (exact) mass is 194 g/mol. The summed E-state index contributed by atoms with van der Waals surface area (Å²) in [5.74, 6) is 1.64. The summed E-state index contributed by atoms with van der Waals surface area (Å²) in [7, 11) is 0. The van der Waals surface area contributed by atoms with Crippen LogP contribution in [0, 0.1) is 5.92 Å². The Morgan fingerprint density at radius 1 is 1.43 bits per heavy atom. The first-order chi connectivity index (χ1) is 6.81. The van der Waals surface area contributed by atoms with Crippen LogP contribution in [0.5, 0.6) is 0 Å². The van der Waals surface area contributed by atoms with Gasteiger partial charge in [-0.05, 0) is 19.3 Å². The Kier molecular flexibility index (Phi) is 2.85. The lowest BCUT2D eigenvalue weighted by Gasteiger charge is -2.07. The highest BCUT2D eigenvalue weighted by atomic mass is 16.2. The zero-order valence-electron chi connectivity index (χ0n) is 8.75. The van der Waals surface area contributed by atoms with Gasteiger partial charge < -0.3 is 5.32 Å². The van der Waals surface area contributed by atoms with Crippen molar-refractivity contribution < 1.29 is 4.79 Å². The maximum atomic E-state index is 11.5. The van der Waals surface area contributed by atoms with E-state index < -0.39 is 0 Å². The molecule has 0 bridgehead atoms. The average molecular weight is 194 g/mol. The third kappa shape index (κ3) is 1.81. The molecule has 1 atom stereocenters. The number of amidine groups is 1. The highest BCUT2D eigenvalue weighted by Crippen LogP contribution is 2.27. The van der Waals surface area contributed by atoms with Crippen molar-refractivity contribution in [1.29, 1.82) is 0 Å². The summed E-state index contributed by atoms with van der Waals surface area (Å²) in [5, 5.41) is 2.94. The van der Waals surface area contributed by atoms with E-state index in [0.29, 0.717) is 5.92 Å². The van der Waals surface area contributed by atoms with Crippen molar-refractivity contribution >= 4 is 11.7 Å². The zero-order chi connectivity index (χ0) is 9.97. The Bertz CT molecular complexity index is 254. The van der Waals surface area contributed by atoms with Gasteiger partial charge in [-0.3, -0.25) is 9.79 Å². The van der Waals surface area contributed by atoms with Gasteiger partial charge in [0.1, 0.15) is 11.9 Å². The first-order valence-electron chi connectivity index (χ1n) is 5.70. The molecule has 1 saturated carbocycles. The van der Waals surface area contributed by atoms with Crippen molar-refractivity contribution in [2.75, 3.05) is 0 Å². The maximum absolute atomic E-state index is 11.5. The summed E-state index contributed by atoms with van der Waals surface area (Å²) >= 11 is 0. The molecule has 3 heteroatoms. The van der Waals surface area contributed by atoms with Gasteiger partial charge in [0, 0.05) is 5.92 Å². The molecule has 1 aliphatic heterocycles. The molecular weight excluding hydrogens is 176 g/mol. The van der Waals surface area contributed by atoms with E-state index in [-0.39, 0.29) is 11.9 Å². The van der Waals surface area contributed by atoms with E-state index >= 15 is 0 Å². The lowest BCUT2D eigenvalue weighted by atomic mass is 10.1. The van der Waals surface area contributed by atoms with Crippen LogP contribution in [-0.4, -0.2) is 17.8 Å². The largest absolute Gasteiger partial charge is 0.312 e. The van der Waals surface area contributed by atoms with E-state index in [4.69, 9.17) is 0 Å². The molecule has 1 unspecified atom stereocenters. The fourth-order valence-corrected chi connectivity index (χ4v) is 2.34. The lowest BCUT2D eigenvalue weighted by molar-refractivity contribution is -0.120. The van der Waals surface area contributed by atoms with Crippen molar-refractivity contribution in [3.63, 3.8) is 0 Å². The van der Waals surface area contributed by atoms with Crippen molar-refractivity contribution in [3.05, 3.63) is 0 Å². The second-order valence-electron chi connectivity index (χ2n) is 4.29. The molecule has 0 radical (unpaired) electrons. The normalized spacial score (nSPS) is 27.9. The Morgan fingerprint density at radius 2 is 2.14 bits per heavy atom. The van der Waals surface area contributed by atoms with Crippen molar-refractivity contribution in [2.45, 2.75) is 51.5 Å². The first kappa shape index (κ1) is 9.69. The van der Waals surface area contributed by atoms with Gasteiger partial charge in [-0.25, -0.2) is 0 Å². The minimum atomic E-state index is -0.0874. The molecule has 3 nitrogen and oxygen atoms in total. The first-order valence-corrected chi connectivity index (χ1v) is 5.70. The van der Waals surface area contributed by atoms with E-state index in [1.54, 1.807) is 0 Å². The molecule has 0 aromatic rings. The Hall–Kier alpha value is -0.860. The van der Waals surface area contributed by atoms with E-state index in [1.165, 1.54) is 25.7 Å². The van der Waals surface area contributed by atoms with Crippen LogP contribution in [0.2, 0.25) is 0 Å². The van der Waals surface area contributed by atoms with Crippen LogP contribution in [0.15, 0.2) is 4.99 Å². The number of nitrogens with one attached hydrogen (secondary N) is 1. The van der Waals surface area contributed by atoms with Gasteiger partial charge in [-0.15, -0.1) is 0 Å². The quantitative estimate of drug-likeness (QED) is 0.732. The molecule has 0 spiro atoms. The van der Waals surface area contributed by atoms with Gasteiger partial charge in [0.15, 0.2) is 0 Å². The molecule has 1 aliphatic carbocycles. The number of rotatable bonds is 3. The molecule has 0 saturated heterocycles. The van der Waals surface area contributed by atoms with Gasteiger partial charge in [-0.1, -0.05) is 26.2 Å². The third-order valence-corrected chi connectivity index (χ3v) is 3.15. The fraction of sp³-hybridized carbons (Fsp3) is 0.818. The number of hydrogen-bond acceptors (Lipinski definition) is 2. The predicted molar refractivity (Wildman–Crippen MR) is 56.2 cm³/mol. The van der Waals surface area contributed by atoms with E-state index in [2.05, 4.69) is 17.2 Å². The van der Waals surface area contributed by atoms with Crippen LogP contribution in [-0.2, 0) is 4.79 Å². The van der Waals surface area contributed by atoms with Crippen LogP contribution >= 0.6 is 0 Å². The fourth-order valence-electron chi connectivity index (χ4n) is 2.34. The smallest absolute Gasteiger partial charge is 0.250 e. The van der Waals surface area contributed by atoms with Crippen LogP contribution in [0.4, 0.5) is 0 Å². The Labute approximate surface area is 85.0 Å². The van der Waals surface area contributed by atoms with Crippen molar-refractivity contribution in [1.82, 2.24) is 5.32 Å². The second kappa shape index (κ2) is 4.11. The molecule has 1 N–H and O–H groups in total. The number of aliphatic imine (C=N–C) groups is 1. The molecule has 78 valence electrons. The average Bonchev–Trinajstić information content (AvgIpc) is 2.76. The lowest BCUT2D eigenvalue weighted by Crippen LogP contribution is -2.31. The summed E-state index contributed by atoms with van der Waals surface area (Å²) in [4.78, 5) is 16.0. The summed E-state index contributed by atoms with van der Waals surface area (Å²) < 4.78 is 0. The van der Waals surface area contributed by atoms with Crippen molar-refractivity contribution in [3.8, 4) is 0 Å². The summed E-state index contributed by atoms with van der Waals surface area (Å²) in [6.45, 7) is 2.09. The molecule has 0 aromatic carbocycles. The Balaban J connectivity index is 1.99. The number of nitrogens with zero attached hydrogens (tertiary/aromatic N) is 1. The highest BCUT2D eigenvalue weighted by molar-refractivity contribution is 6.06. The molecule has 2 aliphatic rings. The molecule has 1 amide bonds. The Morgan fingerprint density at radius 3 is 2.79 bits per heavy atom. The topological polar surface area (TPSA) is 41.5 Å². The molecule has 0 aromatic heterocycles. The van der Waals surface area contributed by atoms with Gasteiger partial charge in [-0.2, -0.15) is 0 Å². The summed E-state index contributed by atoms with van der Waals surface area (Å²) in [6, 6.07) is -0.0874. The van der Waals surface area contributed by atoms with Gasteiger partial charge in [0.2, 0.25) is 5.91 Å². The minimum Gasteiger partial charge on any atom is -0.312 e.